The van der Waals surface area contributed by atoms with E-state index in [1.54, 1.807) is 24.3 Å². The number of hydrogen-bond acceptors (Lipinski definition) is 6. The second-order valence-electron chi connectivity index (χ2n) is 7.47. The van der Waals surface area contributed by atoms with Gasteiger partial charge in [-0.25, -0.2) is 4.79 Å². The number of morpholine rings is 1. The molecule has 164 valence electrons. The van der Waals surface area contributed by atoms with E-state index in [2.05, 4.69) is 15.4 Å². The molecule has 2 aliphatic rings. The van der Waals surface area contributed by atoms with E-state index in [0.29, 0.717) is 48.1 Å². The Hall–Kier alpha value is -2.91. The monoisotopic (exact) mass is 443 g/mol. The summed E-state index contributed by atoms with van der Waals surface area (Å²) in [5.74, 6) is -0.324. The standard InChI is InChI=1S/C22H25N3O5S/c1-29-22(28)23-15-8-6-14(7-9-15)19(26)24-20-18(16-4-2-3-5-17(16)31-20)21(27)25-10-12-30-13-11-25/h6-9H,2-5,10-13H2,1H3,(H,23,28)(H,24,26). The third kappa shape index (κ3) is 4.72. The van der Waals surface area contributed by atoms with Crippen molar-refractivity contribution < 1.29 is 23.9 Å². The first-order valence-electron chi connectivity index (χ1n) is 10.3. The number of fused-ring (bicyclic) bond motifs is 1. The lowest BCUT2D eigenvalue weighted by molar-refractivity contribution is 0.0303. The van der Waals surface area contributed by atoms with Crippen molar-refractivity contribution in [2.24, 2.45) is 0 Å². The predicted molar refractivity (Wildman–Crippen MR) is 118 cm³/mol. The minimum Gasteiger partial charge on any atom is -0.453 e. The molecule has 1 aromatic heterocycles. The SMILES string of the molecule is COC(=O)Nc1ccc(C(=O)Nc2sc3c(c2C(=O)N2CCOCC2)CCCC3)cc1. The van der Waals surface area contributed by atoms with Crippen molar-refractivity contribution >= 4 is 39.9 Å². The smallest absolute Gasteiger partial charge is 0.411 e. The molecule has 4 rings (SSSR count). The number of benzene rings is 1. The molecule has 2 heterocycles. The average molecular weight is 444 g/mol. The fourth-order valence-electron chi connectivity index (χ4n) is 3.85. The zero-order chi connectivity index (χ0) is 21.8. The third-order valence-electron chi connectivity index (χ3n) is 5.49. The second-order valence-corrected chi connectivity index (χ2v) is 8.57. The summed E-state index contributed by atoms with van der Waals surface area (Å²) >= 11 is 1.51. The highest BCUT2D eigenvalue weighted by Gasteiger charge is 2.30. The normalized spacial score (nSPS) is 15.7. The largest absolute Gasteiger partial charge is 0.453 e. The fourth-order valence-corrected chi connectivity index (χ4v) is 5.13. The van der Waals surface area contributed by atoms with Crippen LogP contribution < -0.4 is 10.6 Å². The molecule has 1 aliphatic carbocycles. The zero-order valence-electron chi connectivity index (χ0n) is 17.4. The van der Waals surface area contributed by atoms with E-state index in [1.807, 2.05) is 4.90 Å². The van der Waals surface area contributed by atoms with Crippen molar-refractivity contribution in [3.8, 4) is 0 Å². The summed E-state index contributed by atoms with van der Waals surface area (Å²) in [6, 6.07) is 6.51. The summed E-state index contributed by atoms with van der Waals surface area (Å²) in [6.45, 7) is 2.19. The van der Waals surface area contributed by atoms with Gasteiger partial charge in [0.1, 0.15) is 5.00 Å². The van der Waals surface area contributed by atoms with Crippen molar-refractivity contribution in [3.05, 3.63) is 45.8 Å². The molecular weight excluding hydrogens is 418 g/mol. The van der Waals surface area contributed by atoms with E-state index in [4.69, 9.17) is 4.74 Å². The molecule has 3 amide bonds. The Bertz CT molecular complexity index is 980. The van der Waals surface area contributed by atoms with Gasteiger partial charge in [-0.15, -0.1) is 11.3 Å². The molecule has 0 radical (unpaired) electrons. The molecule has 1 aromatic carbocycles. The summed E-state index contributed by atoms with van der Waals surface area (Å²) in [7, 11) is 1.29. The highest BCUT2D eigenvalue weighted by atomic mass is 32.1. The van der Waals surface area contributed by atoms with Crippen molar-refractivity contribution in [1.82, 2.24) is 4.90 Å². The Labute approximate surface area is 184 Å². The maximum atomic E-state index is 13.3. The van der Waals surface area contributed by atoms with Gasteiger partial charge in [0.25, 0.3) is 11.8 Å². The topological polar surface area (TPSA) is 97.0 Å². The van der Waals surface area contributed by atoms with Gasteiger partial charge in [-0.1, -0.05) is 0 Å². The first-order chi connectivity index (χ1) is 15.1. The molecule has 1 aliphatic heterocycles. The quantitative estimate of drug-likeness (QED) is 0.754. The number of anilines is 2. The Kier molecular flexibility index (Phi) is 6.53. The molecule has 0 atom stereocenters. The van der Waals surface area contributed by atoms with Crippen molar-refractivity contribution in [2.45, 2.75) is 25.7 Å². The van der Waals surface area contributed by atoms with Crippen molar-refractivity contribution in [1.29, 1.82) is 0 Å². The highest BCUT2D eigenvalue weighted by molar-refractivity contribution is 7.17. The average Bonchev–Trinajstić information content (AvgIpc) is 3.17. The molecule has 0 saturated carbocycles. The van der Waals surface area contributed by atoms with Crippen LogP contribution in [0.15, 0.2) is 24.3 Å². The number of methoxy groups -OCH3 is 1. The minimum atomic E-state index is -0.576. The molecule has 1 fully saturated rings. The summed E-state index contributed by atoms with van der Waals surface area (Å²) in [6.07, 6.45) is 3.37. The Morgan fingerprint density at radius 1 is 1.03 bits per heavy atom. The van der Waals surface area contributed by atoms with E-state index in [0.717, 1.165) is 31.2 Å². The number of ether oxygens (including phenoxy) is 2. The molecule has 9 heteroatoms. The van der Waals surface area contributed by atoms with Crippen LogP contribution in [0.3, 0.4) is 0 Å². The van der Waals surface area contributed by atoms with Crippen LogP contribution in [0.4, 0.5) is 15.5 Å². The van der Waals surface area contributed by atoms with Gasteiger partial charge in [-0.2, -0.15) is 0 Å². The van der Waals surface area contributed by atoms with Gasteiger partial charge >= 0.3 is 6.09 Å². The maximum Gasteiger partial charge on any atom is 0.411 e. The van der Waals surface area contributed by atoms with Crippen LogP contribution in [-0.2, 0) is 22.3 Å². The molecule has 31 heavy (non-hydrogen) atoms. The molecule has 2 N–H and O–H groups in total. The Balaban J connectivity index is 1.56. The first kappa shape index (κ1) is 21.3. The molecule has 0 spiro atoms. The second kappa shape index (κ2) is 9.49. The van der Waals surface area contributed by atoms with Gasteiger partial charge in [0.15, 0.2) is 0 Å². The van der Waals surface area contributed by atoms with E-state index < -0.39 is 6.09 Å². The number of aryl methyl sites for hydroxylation is 1. The molecule has 8 nitrogen and oxygen atoms in total. The lowest BCUT2D eigenvalue weighted by Crippen LogP contribution is -2.41. The molecule has 2 aromatic rings. The lowest BCUT2D eigenvalue weighted by atomic mass is 9.95. The minimum absolute atomic E-state index is 0.0318. The molecular formula is C22H25N3O5S. The fraction of sp³-hybridized carbons (Fsp3) is 0.409. The highest BCUT2D eigenvalue weighted by Crippen LogP contribution is 2.39. The molecule has 1 saturated heterocycles. The van der Waals surface area contributed by atoms with Crippen molar-refractivity contribution in [3.63, 3.8) is 0 Å². The summed E-state index contributed by atoms with van der Waals surface area (Å²) < 4.78 is 9.94. The van der Waals surface area contributed by atoms with Crippen LogP contribution in [0.1, 0.15) is 44.0 Å². The van der Waals surface area contributed by atoms with E-state index >= 15 is 0 Å². The van der Waals surface area contributed by atoms with E-state index in [1.165, 1.54) is 23.3 Å². The van der Waals surface area contributed by atoms with Gasteiger partial charge < -0.3 is 19.7 Å². The van der Waals surface area contributed by atoms with Crippen LogP contribution in [0, 0.1) is 0 Å². The number of hydrogen-bond donors (Lipinski definition) is 2. The van der Waals surface area contributed by atoms with Gasteiger partial charge in [-0.3, -0.25) is 14.9 Å². The number of carbonyl (C=O) groups is 3. The zero-order valence-corrected chi connectivity index (χ0v) is 18.2. The van der Waals surface area contributed by atoms with Crippen LogP contribution >= 0.6 is 11.3 Å². The number of rotatable bonds is 4. The first-order valence-corrected chi connectivity index (χ1v) is 11.2. The Morgan fingerprint density at radius 2 is 1.74 bits per heavy atom. The Morgan fingerprint density at radius 3 is 2.45 bits per heavy atom. The maximum absolute atomic E-state index is 13.3. The summed E-state index contributed by atoms with van der Waals surface area (Å²) in [5, 5.41) is 6.13. The van der Waals surface area contributed by atoms with Gasteiger partial charge in [0, 0.05) is 29.2 Å². The van der Waals surface area contributed by atoms with Gasteiger partial charge in [0.2, 0.25) is 0 Å². The van der Waals surface area contributed by atoms with Crippen LogP contribution in [-0.4, -0.2) is 56.2 Å². The number of carbonyl (C=O) groups excluding carboxylic acids is 3. The van der Waals surface area contributed by atoms with Crippen LogP contribution in [0.5, 0.6) is 0 Å². The summed E-state index contributed by atoms with van der Waals surface area (Å²) in [5.41, 5.74) is 2.68. The predicted octanol–water partition coefficient (Wildman–Crippen LogP) is 3.53. The molecule has 0 unspecified atom stereocenters. The van der Waals surface area contributed by atoms with Crippen molar-refractivity contribution in [2.75, 3.05) is 44.0 Å². The lowest BCUT2D eigenvalue weighted by Gasteiger charge is -2.27. The van der Waals surface area contributed by atoms with Crippen LogP contribution in [0.25, 0.3) is 0 Å². The number of nitrogens with one attached hydrogen (secondary N) is 2. The molecule has 0 bridgehead atoms. The van der Waals surface area contributed by atoms with E-state index in [-0.39, 0.29) is 11.8 Å². The van der Waals surface area contributed by atoms with Crippen LogP contribution in [0.2, 0.25) is 0 Å². The number of nitrogens with zero attached hydrogens (tertiary/aromatic N) is 1. The third-order valence-corrected chi connectivity index (χ3v) is 6.70. The number of amides is 3. The van der Waals surface area contributed by atoms with E-state index in [9.17, 15) is 14.4 Å². The summed E-state index contributed by atoms with van der Waals surface area (Å²) in [4.78, 5) is 40.5. The number of thiophene rings is 1. The van der Waals surface area contributed by atoms with Gasteiger partial charge in [0.05, 0.1) is 25.9 Å². The van der Waals surface area contributed by atoms with Gasteiger partial charge in [-0.05, 0) is 55.5 Å².